The molecule has 0 aliphatic carbocycles. The van der Waals surface area contributed by atoms with Crippen molar-refractivity contribution >= 4 is 26.0 Å². The van der Waals surface area contributed by atoms with Gasteiger partial charge in [0.05, 0.1) is 12.8 Å². The number of carbonyl (C=O) groups is 1. The van der Waals surface area contributed by atoms with Gasteiger partial charge in [-0.05, 0) is 27.7 Å². The second kappa shape index (κ2) is 9.50. The summed E-state index contributed by atoms with van der Waals surface area (Å²) >= 11 is 0. The van der Waals surface area contributed by atoms with E-state index in [-0.39, 0.29) is 31.2 Å². The van der Waals surface area contributed by atoms with E-state index in [2.05, 4.69) is 5.32 Å². The van der Waals surface area contributed by atoms with E-state index in [4.69, 9.17) is 14.5 Å². The van der Waals surface area contributed by atoms with E-state index in [1.165, 1.54) is 6.08 Å². The highest BCUT2D eigenvalue weighted by atomic mass is 35.5. The number of nitrogens with one attached hydrogen (secondary N) is 1. The van der Waals surface area contributed by atoms with Crippen LogP contribution in [0.15, 0.2) is 11.6 Å². The summed E-state index contributed by atoms with van der Waals surface area (Å²) in [6, 6.07) is -0.630. The predicted octanol–water partition coefficient (Wildman–Crippen LogP) is 1.46. The van der Waals surface area contributed by atoms with Gasteiger partial charge in [0.2, 0.25) is 0 Å². The maximum atomic E-state index is 11.7. The average Bonchev–Trinajstić information content (AvgIpc) is 2.13. The fraction of sp³-hybridized carbons (Fsp3) is 0.727. The Kier molecular flexibility index (Phi) is 10.5. The van der Waals surface area contributed by atoms with Gasteiger partial charge in [-0.2, -0.15) is 0 Å². The van der Waals surface area contributed by atoms with Crippen LogP contribution in [0.1, 0.15) is 27.7 Å². The van der Waals surface area contributed by atoms with Crippen LogP contribution in [0.25, 0.3) is 0 Å². The molecule has 8 heteroatoms. The summed E-state index contributed by atoms with van der Waals surface area (Å²) in [7, 11) is -4.11. The van der Waals surface area contributed by atoms with Crippen molar-refractivity contribution in [2.24, 2.45) is 0 Å². The first-order valence-corrected chi connectivity index (χ1v) is 7.60. The van der Waals surface area contributed by atoms with Gasteiger partial charge in [0, 0.05) is 6.04 Å². The molecule has 0 rings (SSSR count). The zero-order valence-electron chi connectivity index (χ0n) is 11.6. The van der Waals surface area contributed by atoms with Crippen molar-refractivity contribution in [2.45, 2.75) is 39.8 Å². The number of halogens is 1. The molecule has 3 N–H and O–H groups in total. The number of hydrogen-bond donors (Lipinski definition) is 3. The molecule has 0 fully saturated rings. The van der Waals surface area contributed by atoms with Gasteiger partial charge in [-0.1, -0.05) is 11.6 Å². The molecule has 0 amide bonds. The van der Waals surface area contributed by atoms with Crippen LogP contribution < -0.4 is 5.32 Å². The third-order valence-corrected chi connectivity index (χ3v) is 2.87. The maximum absolute atomic E-state index is 11.7. The number of allylic oxidation sites excluding steroid dienone is 1. The van der Waals surface area contributed by atoms with Gasteiger partial charge >= 0.3 is 13.6 Å². The van der Waals surface area contributed by atoms with Crippen molar-refractivity contribution in [1.82, 2.24) is 5.32 Å². The van der Waals surface area contributed by atoms with E-state index in [1.807, 2.05) is 13.8 Å². The maximum Gasteiger partial charge on any atom is 0.329 e. The molecule has 0 spiro atoms. The Hall–Kier alpha value is -0.390. The topological polar surface area (TPSA) is 95.9 Å². The van der Waals surface area contributed by atoms with Gasteiger partial charge in [0.1, 0.15) is 6.04 Å². The summed E-state index contributed by atoms with van der Waals surface area (Å²) in [5.41, 5.74) is 0.453. The van der Waals surface area contributed by atoms with Crippen molar-refractivity contribution < 1.29 is 23.9 Å². The number of esters is 1. The molecule has 0 bridgehead atoms. The quantitative estimate of drug-likeness (QED) is 0.374. The van der Waals surface area contributed by atoms with E-state index < -0.39 is 19.6 Å². The number of hydrogen-bond acceptors (Lipinski definition) is 4. The summed E-state index contributed by atoms with van der Waals surface area (Å²) < 4.78 is 15.8. The smallest absolute Gasteiger partial charge is 0.329 e. The number of ether oxygens (including phenoxy) is 1. The Morgan fingerprint density at radius 1 is 1.42 bits per heavy atom. The van der Waals surface area contributed by atoms with Crippen molar-refractivity contribution in [3.8, 4) is 0 Å². The first-order chi connectivity index (χ1) is 8.15. The van der Waals surface area contributed by atoms with Crippen molar-refractivity contribution in [2.75, 3.05) is 12.8 Å². The molecule has 0 saturated carbocycles. The normalized spacial score (nSPS) is 13.9. The molecule has 1 unspecified atom stereocenters. The molecule has 0 aromatic rings. The largest absolute Gasteiger partial charge is 0.465 e. The lowest BCUT2D eigenvalue weighted by Gasteiger charge is -2.17. The molecule has 0 aliphatic rings. The molecule has 0 radical (unpaired) electrons. The van der Waals surface area contributed by atoms with Gasteiger partial charge in [-0.15, -0.1) is 12.4 Å². The van der Waals surface area contributed by atoms with Gasteiger partial charge in [0.25, 0.3) is 0 Å². The first kappa shape index (κ1) is 20.9. The monoisotopic (exact) mass is 315 g/mol. The van der Waals surface area contributed by atoms with Gasteiger partial charge in [0.15, 0.2) is 0 Å². The van der Waals surface area contributed by atoms with E-state index >= 15 is 0 Å². The fourth-order valence-electron chi connectivity index (χ4n) is 1.44. The number of rotatable bonds is 7. The molecule has 0 aromatic heterocycles. The van der Waals surface area contributed by atoms with Gasteiger partial charge in [-0.3, -0.25) is 14.7 Å². The Labute approximate surface area is 120 Å². The SMILES string of the molecule is CCOC(=O)C(C=C(C)CP(=O)(O)O)NC(C)C.Cl. The Morgan fingerprint density at radius 3 is 2.32 bits per heavy atom. The zero-order chi connectivity index (χ0) is 14.3. The van der Waals surface area contributed by atoms with Crippen LogP contribution in [0, 0.1) is 0 Å². The standard InChI is InChI=1S/C11H22NO5P.ClH/c1-5-17-11(13)10(12-8(2)3)6-9(4)7-18(14,15)16;/h6,8,10,12H,5,7H2,1-4H3,(H2,14,15,16);1H. The molecule has 0 saturated heterocycles. The second-order valence-corrected chi connectivity index (χ2v) is 6.03. The van der Waals surface area contributed by atoms with Crippen LogP contribution in [0.5, 0.6) is 0 Å². The average molecular weight is 316 g/mol. The molecule has 1 atom stereocenters. The first-order valence-electron chi connectivity index (χ1n) is 5.80. The van der Waals surface area contributed by atoms with E-state index in [0.29, 0.717) is 5.57 Å². The molecule has 6 nitrogen and oxygen atoms in total. The molecular formula is C11H23ClNO5P. The molecule has 114 valence electrons. The lowest BCUT2D eigenvalue weighted by Crippen LogP contribution is -2.40. The van der Waals surface area contributed by atoms with Crippen molar-refractivity contribution in [3.05, 3.63) is 11.6 Å². The van der Waals surface area contributed by atoms with Crippen molar-refractivity contribution in [3.63, 3.8) is 0 Å². The van der Waals surface area contributed by atoms with Crippen LogP contribution in [0.2, 0.25) is 0 Å². The summed E-state index contributed by atoms with van der Waals surface area (Å²) in [5.74, 6) is -0.448. The molecule has 0 aliphatic heterocycles. The highest BCUT2D eigenvalue weighted by Gasteiger charge is 2.20. The third kappa shape index (κ3) is 11.2. The Balaban J connectivity index is 0. The molecular weight excluding hydrogens is 293 g/mol. The van der Waals surface area contributed by atoms with Gasteiger partial charge < -0.3 is 14.5 Å². The van der Waals surface area contributed by atoms with Gasteiger partial charge in [-0.25, -0.2) is 0 Å². The minimum atomic E-state index is -4.11. The minimum Gasteiger partial charge on any atom is -0.465 e. The number of carbonyl (C=O) groups excluding carboxylic acids is 1. The van der Waals surface area contributed by atoms with Crippen LogP contribution in [0.4, 0.5) is 0 Å². The summed E-state index contributed by atoms with van der Waals surface area (Å²) in [5, 5.41) is 2.98. The second-order valence-electron chi connectivity index (χ2n) is 4.39. The highest BCUT2D eigenvalue weighted by molar-refractivity contribution is 7.52. The highest BCUT2D eigenvalue weighted by Crippen LogP contribution is 2.36. The van der Waals surface area contributed by atoms with Crippen molar-refractivity contribution in [1.29, 1.82) is 0 Å². The predicted molar refractivity (Wildman–Crippen MR) is 76.6 cm³/mol. The molecule has 0 heterocycles. The van der Waals surface area contributed by atoms with Crippen LogP contribution >= 0.6 is 20.0 Å². The lowest BCUT2D eigenvalue weighted by atomic mass is 10.2. The van der Waals surface area contributed by atoms with E-state index in [0.717, 1.165) is 0 Å². The minimum absolute atomic E-state index is 0. The summed E-state index contributed by atoms with van der Waals surface area (Å²) in [6.45, 7) is 7.29. The van der Waals surface area contributed by atoms with Crippen LogP contribution in [-0.2, 0) is 14.1 Å². The van der Waals surface area contributed by atoms with Crippen LogP contribution in [0.3, 0.4) is 0 Å². The fourth-order valence-corrected chi connectivity index (χ4v) is 2.19. The van der Waals surface area contributed by atoms with E-state index in [1.54, 1.807) is 13.8 Å². The lowest BCUT2D eigenvalue weighted by molar-refractivity contribution is -0.144. The van der Waals surface area contributed by atoms with E-state index in [9.17, 15) is 9.36 Å². The van der Waals surface area contributed by atoms with Crippen LogP contribution in [-0.4, -0.2) is 40.6 Å². The summed E-state index contributed by atoms with van der Waals surface area (Å²) in [6.07, 6.45) is 1.14. The zero-order valence-corrected chi connectivity index (χ0v) is 13.3. The Bertz CT molecular complexity index is 353. The Morgan fingerprint density at radius 2 is 1.95 bits per heavy atom. The molecule has 0 aromatic carbocycles. The molecule has 19 heavy (non-hydrogen) atoms. The summed E-state index contributed by atoms with van der Waals surface area (Å²) in [4.78, 5) is 29.4. The third-order valence-electron chi connectivity index (χ3n) is 1.96.